The summed E-state index contributed by atoms with van der Waals surface area (Å²) in [6.07, 6.45) is 3.76. The van der Waals surface area contributed by atoms with Crippen molar-refractivity contribution >= 4 is 12.0 Å². The molecule has 1 unspecified atom stereocenters. The summed E-state index contributed by atoms with van der Waals surface area (Å²) >= 11 is 0. The largest absolute Gasteiger partial charge is 0.480 e. The topological polar surface area (TPSA) is 78.9 Å². The Bertz CT molecular complexity index is 366. The number of aliphatic carboxylic acids is 1. The Hall–Kier alpha value is -1.30. The van der Waals surface area contributed by atoms with Crippen LogP contribution in [0.1, 0.15) is 39.0 Å². The van der Waals surface area contributed by atoms with Gasteiger partial charge in [-0.15, -0.1) is 0 Å². The van der Waals surface area contributed by atoms with Crippen LogP contribution < -0.4 is 5.32 Å². The standard InChI is InChI=1S/C14H24N2O4/c1-11-3-2-7-16(8-4-11)13(19)15-14(12(17)18)5-9-20-10-6-14/h11H,2-10H2,1H3,(H,15,19)(H,17,18). The van der Waals surface area contributed by atoms with E-state index in [9.17, 15) is 14.7 Å². The van der Waals surface area contributed by atoms with E-state index in [1.807, 2.05) is 0 Å². The highest BCUT2D eigenvalue weighted by Gasteiger charge is 2.42. The summed E-state index contributed by atoms with van der Waals surface area (Å²) in [4.78, 5) is 25.6. The minimum absolute atomic E-state index is 0.247. The van der Waals surface area contributed by atoms with Crippen molar-refractivity contribution in [3.63, 3.8) is 0 Å². The lowest BCUT2D eigenvalue weighted by Gasteiger charge is -2.35. The number of nitrogens with one attached hydrogen (secondary N) is 1. The van der Waals surface area contributed by atoms with E-state index < -0.39 is 11.5 Å². The summed E-state index contributed by atoms with van der Waals surface area (Å²) in [7, 11) is 0. The van der Waals surface area contributed by atoms with Crippen molar-refractivity contribution in [2.45, 2.75) is 44.6 Å². The third kappa shape index (κ3) is 3.42. The Morgan fingerprint density at radius 1 is 1.25 bits per heavy atom. The first-order valence-corrected chi connectivity index (χ1v) is 7.42. The van der Waals surface area contributed by atoms with Gasteiger partial charge in [-0.1, -0.05) is 6.92 Å². The summed E-state index contributed by atoms with van der Waals surface area (Å²) in [5.74, 6) is -0.332. The van der Waals surface area contributed by atoms with Gasteiger partial charge in [0.2, 0.25) is 0 Å². The normalized spacial score (nSPS) is 26.6. The zero-order valence-corrected chi connectivity index (χ0v) is 12.1. The SMILES string of the molecule is CC1CCCN(C(=O)NC2(C(=O)O)CCOCC2)CC1. The molecule has 6 nitrogen and oxygen atoms in total. The number of carboxylic acid groups (broad SMARTS) is 1. The molecular weight excluding hydrogens is 260 g/mol. The van der Waals surface area contributed by atoms with E-state index in [1.54, 1.807) is 4.90 Å². The van der Waals surface area contributed by atoms with Crippen LogP contribution in [0.3, 0.4) is 0 Å². The Balaban J connectivity index is 1.99. The van der Waals surface area contributed by atoms with Crippen LogP contribution in [0.25, 0.3) is 0 Å². The van der Waals surface area contributed by atoms with Crippen LogP contribution in [0.4, 0.5) is 4.79 Å². The van der Waals surface area contributed by atoms with Gasteiger partial charge < -0.3 is 20.1 Å². The van der Waals surface area contributed by atoms with Crippen LogP contribution in [-0.4, -0.2) is 53.8 Å². The van der Waals surface area contributed by atoms with Crippen LogP contribution >= 0.6 is 0 Å². The van der Waals surface area contributed by atoms with Gasteiger partial charge in [0.1, 0.15) is 5.54 Å². The van der Waals surface area contributed by atoms with Crippen molar-refractivity contribution in [2.24, 2.45) is 5.92 Å². The molecule has 0 aromatic heterocycles. The fraction of sp³-hybridized carbons (Fsp3) is 0.857. The van der Waals surface area contributed by atoms with Crippen LogP contribution in [0.5, 0.6) is 0 Å². The number of hydrogen-bond acceptors (Lipinski definition) is 3. The van der Waals surface area contributed by atoms with Crippen LogP contribution in [0.15, 0.2) is 0 Å². The second-order valence-corrected chi connectivity index (χ2v) is 5.95. The van der Waals surface area contributed by atoms with Gasteiger partial charge in [-0.05, 0) is 25.2 Å². The van der Waals surface area contributed by atoms with Gasteiger partial charge in [-0.2, -0.15) is 0 Å². The van der Waals surface area contributed by atoms with Crippen molar-refractivity contribution in [1.82, 2.24) is 10.2 Å². The van der Waals surface area contributed by atoms with Gasteiger partial charge in [0, 0.05) is 39.1 Å². The number of carbonyl (C=O) groups is 2. The van der Waals surface area contributed by atoms with Gasteiger partial charge in [-0.25, -0.2) is 9.59 Å². The van der Waals surface area contributed by atoms with Gasteiger partial charge in [0.05, 0.1) is 0 Å². The average molecular weight is 284 g/mol. The van der Waals surface area contributed by atoms with E-state index in [-0.39, 0.29) is 6.03 Å². The molecule has 0 spiro atoms. The molecule has 2 saturated heterocycles. The quantitative estimate of drug-likeness (QED) is 0.804. The van der Waals surface area contributed by atoms with Crippen molar-refractivity contribution in [3.8, 4) is 0 Å². The predicted octanol–water partition coefficient (Wildman–Crippen LogP) is 1.45. The number of nitrogens with zero attached hydrogens (tertiary/aromatic N) is 1. The van der Waals surface area contributed by atoms with Gasteiger partial charge in [0.15, 0.2) is 0 Å². The minimum atomic E-state index is -1.16. The molecule has 0 aromatic carbocycles. The highest BCUT2D eigenvalue weighted by molar-refractivity contribution is 5.86. The molecule has 2 rings (SSSR count). The number of hydrogen-bond donors (Lipinski definition) is 2. The molecule has 2 N–H and O–H groups in total. The molecule has 114 valence electrons. The van der Waals surface area contributed by atoms with Crippen molar-refractivity contribution < 1.29 is 19.4 Å². The first kappa shape index (κ1) is 15.1. The van der Waals surface area contributed by atoms with Gasteiger partial charge in [0.25, 0.3) is 0 Å². The summed E-state index contributed by atoms with van der Waals surface area (Å²) in [6.45, 7) is 4.37. The molecule has 0 aromatic rings. The van der Waals surface area contributed by atoms with E-state index in [2.05, 4.69) is 12.2 Å². The maximum Gasteiger partial charge on any atom is 0.329 e. The van der Waals surface area contributed by atoms with Crippen molar-refractivity contribution in [1.29, 1.82) is 0 Å². The lowest BCUT2D eigenvalue weighted by Crippen LogP contribution is -2.60. The summed E-state index contributed by atoms with van der Waals surface area (Å²) < 4.78 is 5.21. The number of rotatable bonds is 2. The lowest BCUT2D eigenvalue weighted by atomic mass is 9.90. The van der Waals surface area contributed by atoms with Crippen LogP contribution in [-0.2, 0) is 9.53 Å². The predicted molar refractivity (Wildman–Crippen MR) is 73.5 cm³/mol. The molecule has 0 saturated carbocycles. The Labute approximate surface area is 119 Å². The number of urea groups is 1. The minimum Gasteiger partial charge on any atom is -0.480 e. The fourth-order valence-electron chi connectivity index (χ4n) is 2.86. The molecule has 0 radical (unpaired) electrons. The van der Waals surface area contributed by atoms with E-state index in [1.165, 1.54) is 0 Å². The molecular formula is C14H24N2O4. The molecule has 2 fully saturated rings. The first-order valence-electron chi connectivity index (χ1n) is 7.42. The van der Waals surface area contributed by atoms with E-state index in [4.69, 9.17) is 4.74 Å². The average Bonchev–Trinajstić information content (AvgIpc) is 2.64. The number of likely N-dealkylation sites (tertiary alicyclic amines) is 1. The zero-order chi connectivity index (χ0) is 14.6. The maximum absolute atomic E-state index is 12.3. The highest BCUT2D eigenvalue weighted by atomic mass is 16.5. The molecule has 0 bridgehead atoms. The number of amides is 2. The monoisotopic (exact) mass is 284 g/mol. The molecule has 20 heavy (non-hydrogen) atoms. The lowest BCUT2D eigenvalue weighted by molar-refractivity contribution is -0.148. The third-order valence-corrected chi connectivity index (χ3v) is 4.41. The Kier molecular flexibility index (Phi) is 4.86. The number of carboxylic acids is 1. The van der Waals surface area contributed by atoms with Crippen molar-refractivity contribution in [3.05, 3.63) is 0 Å². The highest BCUT2D eigenvalue weighted by Crippen LogP contribution is 2.22. The molecule has 0 aliphatic carbocycles. The smallest absolute Gasteiger partial charge is 0.329 e. The number of carbonyl (C=O) groups excluding carboxylic acids is 1. The Morgan fingerprint density at radius 2 is 1.95 bits per heavy atom. The maximum atomic E-state index is 12.3. The van der Waals surface area contributed by atoms with Gasteiger partial charge >= 0.3 is 12.0 Å². The molecule has 2 aliphatic heterocycles. The van der Waals surface area contributed by atoms with Crippen molar-refractivity contribution in [2.75, 3.05) is 26.3 Å². The summed E-state index contributed by atoms with van der Waals surface area (Å²) in [6, 6.07) is -0.247. The van der Waals surface area contributed by atoms with E-state index in [0.717, 1.165) is 19.3 Å². The van der Waals surface area contributed by atoms with Gasteiger partial charge in [-0.3, -0.25) is 0 Å². The molecule has 2 aliphatic rings. The van der Waals surface area contributed by atoms with Crippen LogP contribution in [0.2, 0.25) is 0 Å². The first-order chi connectivity index (χ1) is 9.53. The number of ether oxygens (including phenoxy) is 1. The second kappa shape index (κ2) is 6.43. The molecule has 1 atom stereocenters. The van der Waals surface area contributed by atoms with E-state index >= 15 is 0 Å². The second-order valence-electron chi connectivity index (χ2n) is 5.95. The molecule has 6 heteroatoms. The third-order valence-electron chi connectivity index (χ3n) is 4.41. The Morgan fingerprint density at radius 3 is 2.60 bits per heavy atom. The summed E-state index contributed by atoms with van der Waals surface area (Å²) in [5, 5.41) is 12.2. The zero-order valence-electron chi connectivity index (χ0n) is 12.1. The fourth-order valence-corrected chi connectivity index (χ4v) is 2.86. The molecule has 2 heterocycles. The van der Waals surface area contributed by atoms with E-state index in [0.29, 0.717) is 45.1 Å². The molecule has 2 amide bonds. The summed E-state index contributed by atoms with van der Waals surface area (Å²) in [5.41, 5.74) is -1.16. The van der Waals surface area contributed by atoms with Crippen LogP contribution in [0, 0.1) is 5.92 Å².